The molecule has 0 bridgehead atoms. The summed E-state index contributed by atoms with van der Waals surface area (Å²) in [7, 11) is 2.85. The van der Waals surface area contributed by atoms with Gasteiger partial charge in [-0.3, -0.25) is 4.79 Å². The van der Waals surface area contributed by atoms with E-state index in [4.69, 9.17) is 15.4 Å². The molecular formula is C12H14ClNO5S2. The Hall–Kier alpha value is -1.12. The highest BCUT2D eigenvalue weighted by atomic mass is 35.7. The summed E-state index contributed by atoms with van der Waals surface area (Å²) >= 11 is 1.24. The minimum Gasteiger partial charge on any atom is -0.465 e. The maximum absolute atomic E-state index is 12.1. The quantitative estimate of drug-likeness (QED) is 0.610. The number of hydrogen-bond acceptors (Lipinski definition) is 6. The van der Waals surface area contributed by atoms with Crippen molar-refractivity contribution in [1.29, 1.82) is 0 Å². The van der Waals surface area contributed by atoms with Crippen LogP contribution in [0, 0.1) is 12.8 Å². The molecule has 6 nitrogen and oxygen atoms in total. The number of ether oxygens (including phenoxy) is 1. The highest BCUT2D eigenvalue weighted by Crippen LogP contribution is 2.35. The van der Waals surface area contributed by atoms with Gasteiger partial charge in [-0.25, -0.2) is 13.2 Å². The maximum Gasteiger partial charge on any atom is 0.350 e. The van der Waals surface area contributed by atoms with Crippen molar-refractivity contribution in [3.05, 3.63) is 15.8 Å². The van der Waals surface area contributed by atoms with Crippen LogP contribution in [0.25, 0.3) is 0 Å². The second-order valence-corrected chi connectivity index (χ2v) is 8.92. The molecular weight excluding hydrogens is 338 g/mol. The Morgan fingerprint density at radius 3 is 2.81 bits per heavy atom. The van der Waals surface area contributed by atoms with Crippen molar-refractivity contribution < 1.29 is 22.7 Å². The summed E-state index contributed by atoms with van der Waals surface area (Å²) in [5.74, 6) is -1.36. The van der Waals surface area contributed by atoms with E-state index in [1.807, 2.05) is 6.92 Å². The number of methoxy groups -OCH3 is 1. The zero-order valence-corrected chi connectivity index (χ0v) is 13.8. The van der Waals surface area contributed by atoms with Gasteiger partial charge in [0.15, 0.2) is 0 Å². The number of hydrogen-bond donors (Lipinski definition) is 0. The molecule has 1 atom stereocenters. The normalized spacial score (nSPS) is 19.1. The lowest BCUT2D eigenvalue weighted by atomic mass is 10.1. The Morgan fingerprint density at radius 2 is 2.24 bits per heavy atom. The number of aryl methyl sites for hydroxylation is 1. The molecule has 1 aliphatic rings. The summed E-state index contributed by atoms with van der Waals surface area (Å²) in [5.41, 5.74) is 0.476. The van der Waals surface area contributed by atoms with E-state index in [2.05, 4.69) is 0 Å². The van der Waals surface area contributed by atoms with Crippen molar-refractivity contribution in [3.63, 3.8) is 0 Å². The predicted octanol–water partition coefficient (Wildman–Crippen LogP) is 1.76. The molecule has 116 valence electrons. The molecule has 2 heterocycles. The van der Waals surface area contributed by atoms with Gasteiger partial charge in [-0.05, 0) is 13.0 Å². The standard InChI is InChI=1S/C12H14ClNO5S2/c1-7-3-9(11(20-7)12(16)19-2)14-5-8(4-10(14)15)6-21(13,17)18/h3,8H,4-6H2,1-2H3. The number of carbonyl (C=O) groups is 2. The van der Waals surface area contributed by atoms with Crippen LogP contribution < -0.4 is 4.90 Å². The smallest absolute Gasteiger partial charge is 0.350 e. The summed E-state index contributed by atoms with van der Waals surface area (Å²) in [6.07, 6.45) is 0.0987. The number of halogens is 1. The number of carbonyl (C=O) groups excluding carboxylic acids is 2. The van der Waals surface area contributed by atoms with Crippen molar-refractivity contribution in [2.45, 2.75) is 13.3 Å². The van der Waals surface area contributed by atoms with Crippen LogP contribution in [0.4, 0.5) is 5.69 Å². The lowest BCUT2D eigenvalue weighted by Gasteiger charge is -2.16. The molecule has 1 aromatic heterocycles. The summed E-state index contributed by atoms with van der Waals surface area (Å²) in [6, 6.07) is 1.73. The average Bonchev–Trinajstić information content (AvgIpc) is 2.89. The lowest BCUT2D eigenvalue weighted by Crippen LogP contribution is -2.26. The van der Waals surface area contributed by atoms with Crippen molar-refractivity contribution >= 4 is 48.6 Å². The molecule has 0 aromatic carbocycles. The van der Waals surface area contributed by atoms with Gasteiger partial charge >= 0.3 is 5.97 Å². The number of amides is 1. The first-order chi connectivity index (χ1) is 9.71. The van der Waals surface area contributed by atoms with Crippen LogP contribution >= 0.6 is 22.0 Å². The largest absolute Gasteiger partial charge is 0.465 e. The van der Waals surface area contributed by atoms with E-state index in [0.29, 0.717) is 10.6 Å². The first-order valence-corrected chi connectivity index (χ1v) is 9.42. The summed E-state index contributed by atoms with van der Waals surface area (Å²) < 4.78 is 27.0. The van der Waals surface area contributed by atoms with E-state index >= 15 is 0 Å². The molecule has 1 amide bonds. The van der Waals surface area contributed by atoms with Gasteiger partial charge in [-0.2, -0.15) is 0 Å². The molecule has 1 aliphatic heterocycles. The average molecular weight is 352 g/mol. The van der Waals surface area contributed by atoms with Gasteiger partial charge in [-0.15, -0.1) is 11.3 Å². The Kier molecular flexibility index (Phi) is 4.60. The Labute approximate surface area is 131 Å². The SMILES string of the molecule is COC(=O)c1sc(C)cc1N1CC(CS(=O)(=O)Cl)CC1=O. The van der Waals surface area contributed by atoms with Crippen molar-refractivity contribution in [2.75, 3.05) is 24.3 Å². The monoisotopic (exact) mass is 351 g/mol. The Balaban J connectivity index is 2.27. The number of rotatable bonds is 4. The highest BCUT2D eigenvalue weighted by molar-refractivity contribution is 8.13. The number of nitrogens with zero attached hydrogens (tertiary/aromatic N) is 1. The maximum atomic E-state index is 12.1. The van der Waals surface area contributed by atoms with Crippen LogP contribution in [0.15, 0.2) is 6.07 Å². The van der Waals surface area contributed by atoms with Gasteiger partial charge in [-0.1, -0.05) is 0 Å². The van der Waals surface area contributed by atoms with Gasteiger partial charge in [0.25, 0.3) is 0 Å². The molecule has 0 N–H and O–H groups in total. The fourth-order valence-electron chi connectivity index (χ4n) is 2.35. The van der Waals surface area contributed by atoms with E-state index in [1.165, 1.54) is 23.3 Å². The van der Waals surface area contributed by atoms with Gasteiger partial charge < -0.3 is 9.64 Å². The molecule has 1 saturated heterocycles. The number of esters is 1. The van der Waals surface area contributed by atoms with E-state index in [-0.39, 0.29) is 30.5 Å². The third-order valence-corrected chi connectivity index (χ3v) is 5.40. The van der Waals surface area contributed by atoms with Gasteiger partial charge in [0.2, 0.25) is 15.0 Å². The topological polar surface area (TPSA) is 80.8 Å². The molecule has 2 rings (SSSR count). The zero-order chi connectivity index (χ0) is 15.8. The molecule has 1 fully saturated rings. The Bertz CT molecular complexity index is 682. The van der Waals surface area contributed by atoms with Crippen molar-refractivity contribution in [3.8, 4) is 0 Å². The van der Waals surface area contributed by atoms with Gasteiger partial charge in [0, 0.05) is 34.4 Å². The highest BCUT2D eigenvalue weighted by Gasteiger charge is 2.35. The first kappa shape index (κ1) is 16.3. The van der Waals surface area contributed by atoms with Crippen LogP contribution in [0.1, 0.15) is 21.0 Å². The summed E-state index contributed by atoms with van der Waals surface area (Å²) in [4.78, 5) is 26.5. The van der Waals surface area contributed by atoms with Crippen molar-refractivity contribution in [1.82, 2.24) is 0 Å². The number of thiophene rings is 1. The summed E-state index contributed by atoms with van der Waals surface area (Å²) in [5, 5.41) is 0. The van der Waals surface area contributed by atoms with E-state index in [9.17, 15) is 18.0 Å². The molecule has 0 saturated carbocycles. The Morgan fingerprint density at radius 1 is 1.57 bits per heavy atom. The van der Waals surface area contributed by atoms with Crippen LogP contribution in [-0.2, 0) is 18.6 Å². The first-order valence-electron chi connectivity index (χ1n) is 6.12. The fourth-order valence-corrected chi connectivity index (χ4v) is 4.60. The molecule has 0 aliphatic carbocycles. The molecule has 0 spiro atoms. The molecule has 21 heavy (non-hydrogen) atoms. The van der Waals surface area contributed by atoms with E-state index < -0.39 is 15.0 Å². The van der Waals surface area contributed by atoms with Crippen LogP contribution in [0.5, 0.6) is 0 Å². The minimum atomic E-state index is -3.66. The van der Waals surface area contributed by atoms with E-state index in [1.54, 1.807) is 6.07 Å². The van der Waals surface area contributed by atoms with E-state index in [0.717, 1.165) is 4.88 Å². The fraction of sp³-hybridized carbons (Fsp3) is 0.500. The van der Waals surface area contributed by atoms with Crippen LogP contribution in [0.3, 0.4) is 0 Å². The second-order valence-electron chi connectivity index (χ2n) is 4.84. The third-order valence-electron chi connectivity index (χ3n) is 3.14. The second kappa shape index (κ2) is 5.94. The predicted molar refractivity (Wildman–Crippen MR) is 80.5 cm³/mol. The number of anilines is 1. The summed E-state index contributed by atoms with van der Waals surface area (Å²) in [6.45, 7) is 2.05. The molecule has 9 heteroatoms. The zero-order valence-electron chi connectivity index (χ0n) is 11.5. The molecule has 1 unspecified atom stereocenters. The third kappa shape index (κ3) is 3.75. The minimum absolute atomic E-state index is 0.0987. The van der Waals surface area contributed by atoms with Crippen LogP contribution in [-0.4, -0.2) is 39.7 Å². The molecule has 0 radical (unpaired) electrons. The molecule has 1 aromatic rings. The van der Waals surface area contributed by atoms with Crippen molar-refractivity contribution in [2.24, 2.45) is 5.92 Å². The van der Waals surface area contributed by atoms with Crippen LogP contribution in [0.2, 0.25) is 0 Å². The lowest BCUT2D eigenvalue weighted by molar-refractivity contribution is -0.117. The van der Waals surface area contributed by atoms with Gasteiger partial charge in [0.05, 0.1) is 18.6 Å². The van der Waals surface area contributed by atoms with Gasteiger partial charge in [0.1, 0.15) is 4.88 Å².